The van der Waals surface area contributed by atoms with Crippen LogP contribution < -0.4 is 5.73 Å². The molecule has 13 heavy (non-hydrogen) atoms. The summed E-state index contributed by atoms with van der Waals surface area (Å²) in [4.78, 5) is 10.7. The number of rotatable bonds is 3. The number of primary amides is 1. The highest BCUT2D eigenvalue weighted by molar-refractivity contribution is 5.93. The van der Waals surface area contributed by atoms with E-state index >= 15 is 0 Å². The first-order chi connectivity index (χ1) is 6.24. The molecule has 0 aliphatic carbocycles. The summed E-state index contributed by atoms with van der Waals surface area (Å²) in [5.74, 6) is -0.388. The minimum atomic E-state index is -0.388. The van der Waals surface area contributed by atoms with Crippen molar-refractivity contribution >= 4 is 11.5 Å². The highest BCUT2D eigenvalue weighted by Crippen LogP contribution is 2.16. The number of hydrogen-bond acceptors (Lipinski definition) is 1. The van der Waals surface area contributed by atoms with Crippen LogP contribution in [-0.2, 0) is 4.79 Å². The van der Waals surface area contributed by atoms with Crippen molar-refractivity contribution < 1.29 is 4.79 Å². The van der Waals surface area contributed by atoms with Crippen molar-refractivity contribution in [3.8, 4) is 0 Å². The summed E-state index contributed by atoms with van der Waals surface area (Å²) in [6, 6.07) is 9.78. The number of amides is 1. The van der Waals surface area contributed by atoms with Gasteiger partial charge in [0.25, 0.3) is 0 Å². The van der Waals surface area contributed by atoms with E-state index < -0.39 is 0 Å². The van der Waals surface area contributed by atoms with Crippen LogP contribution in [0, 0.1) is 0 Å². The highest BCUT2D eigenvalue weighted by atomic mass is 16.1. The maximum absolute atomic E-state index is 10.7. The molecule has 0 aromatic heterocycles. The summed E-state index contributed by atoms with van der Waals surface area (Å²) in [6.45, 7) is 2.00. The van der Waals surface area contributed by atoms with Crippen LogP contribution in [0.1, 0.15) is 18.9 Å². The molecule has 0 atom stereocenters. The van der Waals surface area contributed by atoms with Crippen molar-refractivity contribution in [1.82, 2.24) is 0 Å². The largest absolute Gasteiger partial charge is 0.366 e. The minimum Gasteiger partial charge on any atom is -0.366 e. The molecule has 0 heterocycles. The highest BCUT2D eigenvalue weighted by Gasteiger charge is 1.98. The Morgan fingerprint density at radius 1 is 1.38 bits per heavy atom. The normalized spacial score (nSPS) is 11.3. The molecular weight excluding hydrogens is 162 g/mol. The average molecular weight is 175 g/mol. The smallest absolute Gasteiger partial charge is 0.241 e. The average Bonchev–Trinajstić information content (AvgIpc) is 2.15. The van der Waals surface area contributed by atoms with Gasteiger partial charge in [0.15, 0.2) is 0 Å². The molecule has 68 valence electrons. The maximum atomic E-state index is 10.7. The van der Waals surface area contributed by atoms with Gasteiger partial charge in [-0.05, 0) is 17.6 Å². The van der Waals surface area contributed by atoms with Crippen molar-refractivity contribution in [3.05, 3.63) is 42.0 Å². The fourth-order valence-electron chi connectivity index (χ4n) is 1.21. The molecule has 0 spiro atoms. The van der Waals surface area contributed by atoms with E-state index in [9.17, 15) is 4.79 Å². The number of allylic oxidation sites excluding steroid dienone is 1. The van der Waals surface area contributed by atoms with E-state index in [1.165, 1.54) is 6.08 Å². The number of hydrogen-bond donors (Lipinski definition) is 1. The van der Waals surface area contributed by atoms with E-state index in [0.29, 0.717) is 0 Å². The van der Waals surface area contributed by atoms with Gasteiger partial charge in [0.1, 0.15) is 0 Å². The van der Waals surface area contributed by atoms with E-state index in [1.54, 1.807) is 0 Å². The lowest BCUT2D eigenvalue weighted by Crippen LogP contribution is -2.06. The molecule has 0 aliphatic rings. The number of nitrogens with two attached hydrogens (primary N) is 1. The van der Waals surface area contributed by atoms with Crippen LogP contribution in [-0.4, -0.2) is 5.91 Å². The van der Waals surface area contributed by atoms with Gasteiger partial charge in [-0.3, -0.25) is 4.79 Å². The summed E-state index contributed by atoms with van der Waals surface area (Å²) >= 11 is 0. The number of carbonyl (C=O) groups is 1. The molecule has 0 radical (unpaired) electrons. The van der Waals surface area contributed by atoms with E-state index in [2.05, 4.69) is 0 Å². The Labute approximate surface area is 78.1 Å². The van der Waals surface area contributed by atoms with Crippen LogP contribution in [0.4, 0.5) is 0 Å². The van der Waals surface area contributed by atoms with Crippen LogP contribution in [0.25, 0.3) is 5.57 Å². The molecule has 1 aromatic carbocycles. The zero-order chi connectivity index (χ0) is 9.68. The van der Waals surface area contributed by atoms with E-state index in [1.807, 2.05) is 37.3 Å². The van der Waals surface area contributed by atoms with Gasteiger partial charge in [-0.2, -0.15) is 0 Å². The molecule has 1 aromatic rings. The summed E-state index contributed by atoms with van der Waals surface area (Å²) in [5, 5.41) is 0. The molecule has 0 aliphatic heterocycles. The molecular formula is C11H13NO. The summed E-state index contributed by atoms with van der Waals surface area (Å²) < 4.78 is 0. The Morgan fingerprint density at radius 3 is 2.46 bits per heavy atom. The first-order valence-electron chi connectivity index (χ1n) is 4.29. The van der Waals surface area contributed by atoms with Crippen molar-refractivity contribution in [3.63, 3.8) is 0 Å². The first-order valence-corrected chi connectivity index (χ1v) is 4.29. The van der Waals surface area contributed by atoms with Crippen LogP contribution in [0.3, 0.4) is 0 Å². The lowest BCUT2D eigenvalue weighted by molar-refractivity contribution is -0.113. The Bertz CT molecular complexity index is 314. The van der Waals surface area contributed by atoms with Crippen LogP contribution in [0.2, 0.25) is 0 Å². The second-order valence-electron chi connectivity index (χ2n) is 2.79. The zero-order valence-corrected chi connectivity index (χ0v) is 7.66. The summed E-state index contributed by atoms with van der Waals surface area (Å²) in [6.07, 6.45) is 2.29. The van der Waals surface area contributed by atoms with E-state index in [4.69, 9.17) is 5.73 Å². The third kappa shape index (κ3) is 2.75. The second-order valence-corrected chi connectivity index (χ2v) is 2.79. The SMILES string of the molecule is CCC(=CC(N)=O)c1ccccc1. The molecule has 0 bridgehead atoms. The van der Waals surface area contributed by atoms with Gasteiger partial charge >= 0.3 is 0 Å². The van der Waals surface area contributed by atoms with Gasteiger partial charge in [0.2, 0.25) is 5.91 Å². The topological polar surface area (TPSA) is 43.1 Å². The van der Waals surface area contributed by atoms with Crippen LogP contribution >= 0.6 is 0 Å². The van der Waals surface area contributed by atoms with E-state index in [0.717, 1.165) is 17.6 Å². The summed E-state index contributed by atoms with van der Waals surface area (Å²) in [7, 11) is 0. The standard InChI is InChI=1S/C11H13NO/c1-2-9(8-11(12)13)10-6-4-3-5-7-10/h3-8H,2H2,1H3,(H2,12,13). The predicted molar refractivity (Wildman–Crippen MR) is 53.9 cm³/mol. The Hall–Kier alpha value is -1.57. The molecule has 1 rings (SSSR count). The Balaban J connectivity index is 2.98. The van der Waals surface area contributed by atoms with Gasteiger partial charge in [-0.15, -0.1) is 0 Å². The van der Waals surface area contributed by atoms with Gasteiger partial charge in [0, 0.05) is 6.08 Å². The third-order valence-electron chi connectivity index (χ3n) is 1.84. The Kier molecular flexibility index (Phi) is 3.26. The van der Waals surface area contributed by atoms with Gasteiger partial charge in [-0.25, -0.2) is 0 Å². The fraction of sp³-hybridized carbons (Fsp3) is 0.182. The lowest BCUT2D eigenvalue weighted by atomic mass is 10.0. The quantitative estimate of drug-likeness (QED) is 0.701. The fourth-order valence-corrected chi connectivity index (χ4v) is 1.21. The molecule has 2 nitrogen and oxygen atoms in total. The minimum absolute atomic E-state index is 0.388. The van der Waals surface area contributed by atoms with Gasteiger partial charge < -0.3 is 5.73 Å². The first kappa shape index (κ1) is 9.52. The van der Waals surface area contributed by atoms with Crippen LogP contribution in [0.15, 0.2) is 36.4 Å². The van der Waals surface area contributed by atoms with Gasteiger partial charge in [-0.1, -0.05) is 37.3 Å². The predicted octanol–water partition coefficient (Wildman–Crippen LogP) is 1.97. The zero-order valence-electron chi connectivity index (χ0n) is 7.66. The Morgan fingerprint density at radius 2 is 2.00 bits per heavy atom. The van der Waals surface area contributed by atoms with E-state index in [-0.39, 0.29) is 5.91 Å². The molecule has 2 heteroatoms. The molecule has 0 saturated heterocycles. The molecule has 2 N–H and O–H groups in total. The molecule has 0 saturated carbocycles. The van der Waals surface area contributed by atoms with Crippen molar-refractivity contribution in [2.24, 2.45) is 5.73 Å². The number of benzene rings is 1. The van der Waals surface area contributed by atoms with Crippen molar-refractivity contribution in [2.45, 2.75) is 13.3 Å². The number of carbonyl (C=O) groups excluding carboxylic acids is 1. The van der Waals surface area contributed by atoms with Gasteiger partial charge in [0.05, 0.1) is 0 Å². The molecule has 0 unspecified atom stereocenters. The second kappa shape index (κ2) is 4.45. The summed E-state index contributed by atoms with van der Waals surface area (Å²) in [5.41, 5.74) is 7.13. The lowest BCUT2D eigenvalue weighted by Gasteiger charge is -2.02. The third-order valence-corrected chi connectivity index (χ3v) is 1.84. The molecule has 1 amide bonds. The maximum Gasteiger partial charge on any atom is 0.241 e. The van der Waals surface area contributed by atoms with Crippen molar-refractivity contribution in [2.75, 3.05) is 0 Å². The van der Waals surface area contributed by atoms with Crippen molar-refractivity contribution in [1.29, 1.82) is 0 Å². The molecule has 0 fully saturated rings. The monoisotopic (exact) mass is 175 g/mol. The van der Waals surface area contributed by atoms with Crippen LogP contribution in [0.5, 0.6) is 0 Å².